The fourth-order valence-corrected chi connectivity index (χ4v) is 3.28. The van der Waals surface area contributed by atoms with E-state index in [1.807, 2.05) is 25.1 Å². The Morgan fingerprint density at radius 3 is 2.71 bits per heavy atom. The molecule has 0 fully saturated rings. The van der Waals surface area contributed by atoms with Gasteiger partial charge in [-0.15, -0.1) is 0 Å². The molecule has 150 valence electrons. The number of hydrogen-bond acceptors (Lipinski definition) is 5. The van der Waals surface area contributed by atoms with E-state index in [2.05, 4.69) is 10.3 Å². The summed E-state index contributed by atoms with van der Waals surface area (Å²) in [6, 6.07) is 7.44. The molecule has 0 atom stereocenters. The van der Waals surface area contributed by atoms with Crippen molar-refractivity contribution in [2.75, 3.05) is 25.1 Å². The highest BCUT2D eigenvalue weighted by molar-refractivity contribution is 6.30. The van der Waals surface area contributed by atoms with E-state index in [0.29, 0.717) is 48.4 Å². The SMILES string of the molecule is CCOCCCNc1nc2c(c(=O)n(C)c(=O)n2C)n1Cc1cccc(Cl)c1. The molecule has 0 bridgehead atoms. The third-order valence-corrected chi connectivity index (χ3v) is 4.77. The highest BCUT2D eigenvalue weighted by Crippen LogP contribution is 2.19. The van der Waals surface area contributed by atoms with Crippen LogP contribution in [-0.4, -0.2) is 38.4 Å². The smallest absolute Gasteiger partial charge is 0.332 e. The maximum atomic E-state index is 12.8. The fraction of sp³-hybridized carbons (Fsp3) is 0.421. The van der Waals surface area contributed by atoms with Gasteiger partial charge in [0.1, 0.15) is 0 Å². The van der Waals surface area contributed by atoms with Crippen molar-refractivity contribution in [3.8, 4) is 0 Å². The van der Waals surface area contributed by atoms with Gasteiger partial charge in [0.2, 0.25) is 5.95 Å². The van der Waals surface area contributed by atoms with Crippen LogP contribution in [0.15, 0.2) is 33.9 Å². The standard InChI is InChI=1S/C19H24ClN5O3/c1-4-28-10-6-9-21-18-22-16-15(17(26)24(3)19(27)23(16)2)25(18)12-13-7-5-8-14(20)11-13/h5,7-8,11H,4,6,9-10,12H2,1-3H3,(H,21,22). The van der Waals surface area contributed by atoms with E-state index in [1.54, 1.807) is 17.7 Å². The molecule has 0 aliphatic rings. The van der Waals surface area contributed by atoms with E-state index in [9.17, 15) is 9.59 Å². The van der Waals surface area contributed by atoms with Crippen molar-refractivity contribution < 1.29 is 4.74 Å². The summed E-state index contributed by atoms with van der Waals surface area (Å²) in [5.41, 5.74) is 0.863. The average Bonchev–Trinajstić information content (AvgIpc) is 3.03. The summed E-state index contributed by atoms with van der Waals surface area (Å²) < 4.78 is 9.63. The number of rotatable bonds is 8. The molecular formula is C19H24ClN5O3. The van der Waals surface area contributed by atoms with Crippen LogP contribution in [0.5, 0.6) is 0 Å². The third-order valence-electron chi connectivity index (χ3n) is 4.53. The minimum atomic E-state index is -0.409. The van der Waals surface area contributed by atoms with Gasteiger partial charge in [-0.05, 0) is 31.0 Å². The molecule has 1 aromatic carbocycles. The molecule has 0 amide bonds. The van der Waals surface area contributed by atoms with Gasteiger partial charge < -0.3 is 10.1 Å². The first-order valence-electron chi connectivity index (χ1n) is 9.16. The summed E-state index contributed by atoms with van der Waals surface area (Å²) in [6.07, 6.45) is 0.797. The van der Waals surface area contributed by atoms with Crippen LogP contribution in [0.4, 0.5) is 5.95 Å². The van der Waals surface area contributed by atoms with Crippen LogP contribution >= 0.6 is 11.6 Å². The molecule has 0 aliphatic heterocycles. The fourth-order valence-electron chi connectivity index (χ4n) is 3.07. The number of anilines is 1. The number of nitrogens with zero attached hydrogens (tertiary/aromatic N) is 4. The van der Waals surface area contributed by atoms with Crippen molar-refractivity contribution in [3.05, 3.63) is 55.7 Å². The summed E-state index contributed by atoms with van der Waals surface area (Å²) in [6.45, 7) is 4.29. The second-order valence-electron chi connectivity index (χ2n) is 6.51. The largest absolute Gasteiger partial charge is 0.382 e. The number of hydrogen-bond donors (Lipinski definition) is 1. The Morgan fingerprint density at radius 2 is 2.00 bits per heavy atom. The van der Waals surface area contributed by atoms with E-state index in [1.165, 1.54) is 11.6 Å². The Hall–Kier alpha value is -2.58. The molecule has 0 radical (unpaired) electrons. The molecule has 9 heteroatoms. The molecule has 8 nitrogen and oxygen atoms in total. The number of halogens is 1. The molecule has 0 saturated carbocycles. The van der Waals surface area contributed by atoms with Crippen molar-refractivity contribution in [2.45, 2.75) is 19.9 Å². The Balaban J connectivity index is 2.07. The van der Waals surface area contributed by atoms with Gasteiger partial charge in [-0.3, -0.25) is 18.5 Å². The molecule has 2 aromatic heterocycles. The van der Waals surface area contributed by atoms with E-state index >= 15 is 0 Å². The molecule has 0 unspecified atom stereocenters. The zero-order valence-electron chi connectivity index (χ0n) is 16.2. The maximum Gasteiger partial charge on any atom is 0.332 e. The Morgan fingerprint density at radius 1 is 1.21 bits per heavy atom. The zero-order chi connectivity index (χ0) is 20.3. The zero-order valence-corrected chi connectivity index (χ0v) is 17.0. The lowest BCUT2D eigenvalue weighted by Gasteiger charge is -2.11. The van der Waals surface area contributed by atoms with Gasteiger partial charge in [0, 0.05) is 38.9 Å². The summed E-state index contributed by atoms with van der Waals surface area (Å²) in [5, 5.41) is 3.88. The minimum Gasteiger partial charge on any atom is -0.382 e. The number of aryl methyl sites for hydroxylation is 1. The highest BCUT2D eigenvalue weighted by atomic mass is 35.5. The van der Waals surface area contributed by atoms with E-state index in [0.717, 1.165) is 16.6 Å². The van der Waals surface area contributed by atoms with Crippen LogP contribution in [0.25, 0.3) is 11.2 Å². The number of nitrogens with one attached hydrogen (secondary N) is 1. The lowest BCUT2D eigenvalue weighted by atomic mass is 10.2. The molecule has 0 saturated heterocycles. The summed E-state index contributed by atoms with van der Waals surface area (Å²) in [7, 11) is 3.08. The molecule has 0 spiro atoms. The molecule has 3 rings (SSSR count). The van der Waals surface area contributed by atoms with Gasteiger partial charge in [-0.2, -0.15) is 4.98 Å². The molecule has 3 aromatic rings. The minimum absolute atomic E-state index is 0.349. The predicted octanol–water partition coefficient (Wildman–Crippen LogP) is 1.97. The van der Waals surface area contributed by atoms with Crippen molar-refractivity contribution in [3.63, 3.8) is 0 Å². The average molecular weight is 406 g/mol. The van der Waals surface area contributed by atoms with Crippen molar-refractivity contribution in [2.24, 2.45) is 14.1 Å². The van der Waals surface area contributed by atoms with E-state index < -0.39 is 5.69 Å². The van der Waals surface area contributed by atoms with Gasteiger partial charge in [0.15, 0.2) is 11.2 Å². The number of aromatic nitrogens is 4. The second kappa shape index (κ2) is 8.62. The quantitative estimate of drug-likeness (QED) is 0.579. The van der Waals surface area contributed by atoms with E-state index in [4.69, 9.17) is 16.3 Å². The lowest BCUT2D eigenvalue weighted by Crippen LogP contribution is -2.37. The van der Waals surface area contributed by atoms with Crippen LogP contribution in [0.1, 0.15) is 18.9 Å². The number of ether oxygens (including phenoxy) is 1. The first-order chi connectivity index (χ1) is 13.4. The maximum absolute atomic E-state index is 12.8. The number of fused-ring (bicyclic) bond motifs is 1. The first-order valence-corrected chi connectivity index (χ1v) is 9.54. The number of imidazole rings is 1. The van der Waals surface area contributed by atoms with Crippen molar-refractivity contribution >= 4 is 28.7 Å². The molecule has 1 N–H and O–H groups in total. The van der Waals surface area contributed by atoms with Crippen molar-refractivity contribution in [1.82, 2.24) is 18.7 Å². The van der Waals surface area contributed by atoms with Gasteiger partial charge in [0.05, 0.1) is 6.54 Å². The van der Waals surface area contributed by atoms with Gasteiger partial charge in [-0.1, -0.05) is 23.7 Å². The summed E-state index contributed by atoms with van der Waals surface area (Å²) >= 11 is 6.11. The van der Waals surface area contributed by atoms with Crippen LogP contribution < -0.4 is 16.6 Å². The lowest BCUT2D eigenvalue weighted by molar-refractivity contribution is 0.147. The van der Waals surface area contributed by atoms with E-state index in [-0.39, 0.29) is 5.56 Å². The summed E-state index contributed by atoms with van der Waals surface area (Å²) in [4.78, 5) is 29.6. The van der Waals surface area contributed by atoms with Crippen LogP contribution in [-0.2, 0) is 25.4 Å². The third kappa shape index (κ3) is 3.98. The molecule has 0 aliphatic carbocycles. The van der Waals surface area contributed by atoms with Gasteiger partial charge in [0.25, 0.3) is 5.56 Å². The molecular weight excluding hydrogens is 382 g/mol. The Kier molecular flexibility index (Phi) is 6.21. The molecule has 2 heterocycles. The molecule has 28 heavy (non-hydrogen) atoms. The Bertz CT molecular complexity index is 1100. The number of benzene rings is 1. The normalized spacial score (nSPS) is 11.3. The van der Waals surface area contributed by atoms with Crippen LogP contribution in [0.2, 0.25) is 5.02 Å². The van der Waals surface area contributed by atoms with Crippen molar-refractivity contribution in [1.29, 1.82) is 0 Å². The topological polar surface area (TPSA) is 83.1 Å². The van der Waals surface area contributed by atoms with Crippen LogP contribution in [0, 0.1) is 0 Å². The Labute approximate surface area is 167 Å². The summed E-state index contributed by atoms with van der Waals surface area (Å²) in [5.74, 6) is 0.532. The monoisotopic (exact) mass is 405 g/mol. The van der Waals surface area contributed by atoms with Crippen LogP contribution in [0.3, 0.4) is 0 Å². The first kappa shape index (κ1) is 20.2. The highest BCUT2D eigenvalue weighted by Gasteiger charge is 2.19. The predicted molar refractivity (Wildman–Crippen MR) is 110 cm³/mol. The van der Waals surface area contributed by atoms with Gasteiger partial charge in [-0.25, -0.2) is 4.79 Å². The second-order valence-corrected chi connectivity index (χ2v) is 6.94. The van der Waals surface area contributed by atoms with Gasteiger partial charge >= 0.3 is 5.69 Å².